The Kier molecular flexibility index (Phi) is 6.46. The molecule has 2 heterocycles. The highest BCUT2D eigenvalue weighted by molar-refractivity contribution is 8.27. The van der Waals surface area contributed by atoms with Gasteiger partial charge in [0.15, 0.2) is 9.41 Å². The number of rotatable bonds is 5. The Bertz CT molecular complexity index is 1160. The summed E-state index contributed by atoms with van der Waals surface area (Å²) >= 11 is 20.2. The number of thiocarbonyl (C=S) groups is 1. The second-order valence-corrected chi connectivity index (χ2v) is 9.65. The van der Waals surface area contributed by atoms with E-state index in [1.165, 1.54) is 35.5 Å². The van der Waals surface area contributed by atoms with Crippen molar-refractivity contribution in [3.8, 4) is 5.75 Å². The minimum absolute atomic E-state index is 0.227. The quantitative estimate of drug-likeness (QED) is 0.277. The molecule has 0 spiro atoms. The zero-order valence-electron chi connectivity index (χ0n) is 15.4. The lowest BCUT2D eigenvalue weighted by atomic mass is 10.2. The van der Waals surface area contributed by atoms with Gasteiger partial charge in [-0.25, -0.2) is 0 Å². The SMILES string of the molecule is COc1ccc(N2C(=O)/C(=C\c3ccc(Sc4ccc(Cl)cc4)o3)SC2=S)cc1Cl. The van der Waals surface area contributed by atoms with Gasteiger partial charge in [-0.2, -0.15) is 0 Å². The molecule has 2 aromatic carbocycles. The molecular formula is C21H13Cl2NO3S3. The highest BCUT2D eigenvalue weighted by Crippen LogP contribution is 2.39. The number of carbonyl (C=O) groups is 1. The van der Waals surface area contributed by atoms with Crippen LogP contribution in [0.2, 0.25) is 10.0 Å². The summed E-state index contributed by atoms with van der Waals surface area (Å²) in [6.07, 6.45) is 1.69. The summed E-state index contributed by atoms with van der Waals surface area (Å²) in [7, 11) is 1.53. The van der Waals surface area contributed by atoms with Crippen molar-refractivity contribution in [3.63, 3.8) is 0 Å². The van der Waals surface area contributed by atoms with E-state index in [2.05, 4.69) is 0 Å². The summed E-state index contributed by atoms with van der Waals surface area (Å²) in [6.45, 7) is 0. The molecule has 9 heteroatoms. The number of halogens is 2. The summed E-state index contributed by atoms with van der Waals surface area (Å²) in [5, 5.41) is 1.79. The van der Waals surface area contributed by atoms with Gasteiger partial charge in [0.25, 0.3) is 5.91 Å². The summed E-state index contributed by atoms with van der Waals surface area (Å²) in [5.74, 6) is 0.872. The van der Waals surface area contributed by atoms with Crippen LogP contribution in [0.4, 0.5) is 5.69 Å². The van der Waals surface area contributed by atoms with Crippen LogP contribution in [0.15, 0.2) is 73.9 Å². The van der Waals surface area contributed by atoms with Gasteiger partial charge >= 0.3 is 0 Å². The zero-order chi connectivity index (χ0) is 21.3. The van der Waals surface area contributed by atoms with Gasteiger partial charge in [-0.1, -0.05) is 58.9 Å². The number of hydrogen-bond donors (Lipinski definition) is 0. The van der Waals surface area contributed by atoms with Crippen molar-refractivity contribution < 1.29 is 13.9 Å². The number of benzene rings is 2. The average Bonchev–Trinajstić information content (AvgIpc) is 3.27. The molecule has 1 saturated heterocycles. The lowest BCUT2D eigenvalue weighted by Gasteiger charge is -2.15. The van der Waals surface area contributed by atoms with Gasteiger partial charge in [-0.3, -0.25) is 9.69 Å². The third kappa shape index (κ3) is 4.55. The van der Waals surface area contributed by atoms with Gasteiger partial charge in [0.2, 0.25) is 0 Å². The zero-order valence-corrected chi connectivity index (χ0v) is 19.4. The number of methoxy groups -OCH3 is 1. The van der Waals surface area contributed by atoms with Crippen LogP contribution >= 0.6 is 58.9 Å². The van der Waals surface area contributed by atoms with Crippen LogP contribution in [0.3, 0.4) is 0 Å². The van der Waals surface area contributed by atoms with E-state index in [0.717, 1.165) is 4.90 Å². The highest BCUT2D eigenvalue weighted by atomic mass is 35.5. The monoisotopic (exact) mass is 493 g/mol. The molecule has 0 N–H and O–H groups in total. The summed E-state index contributed by atoms with van der Waals surface area (Å²) in [4.78, 5) is 15.9. The third-order valence-corrected chi connectivity index (χ3v) is 6.87. The molecule has 152 valence electrons. The van der Waals surface area contributed by atoms with Gasteiger partial charge in [-0.15, -0.1) is 0 Å². The van der Waals surface area contributed by atoms with Crippen molar-refractivity contribution in [2.24, 2.45) is 0 Å². The number of anilines is 1. The van der Waals surface area contributed by atoms with Crippen molar-refractivity contribution in [2.45, 2.75) is 9.99 Å². The molecule has 4 nitrogen and oxygen atoms in total. The van der Waals surface area contributed by atoms with E-state index in [1.807, 2.05) is 36.4 Å². The molecule has 1 fully saturated rings. The molecule has 1 aliphatic rings. The van der Waals surface area contributed by atoms with Crippen LogP contribution in [-0.2, 0) is 4.79 Å². The Hall–Kier alpha value is -1.90. The molecule has 1 amide bonds. The van der Waals surface area contributed by atoms with Crippen molar-refractivity contribution in [3.05, 3.63) is 75.3 Å². The number of nitrogens with zero attached hydrogens (tertiary/aromatic N) is 1. The van der Waals surface area contributed by atoms with Crippen LogP contribution in [-0.4, -0.2) is 17.3 Å². The van der Waals surface area contributed by atoms with Crippen molar-refractivity contribution in [2.75, 3.05) is 12.0 Å². The van der Waals surface area contributed by atoms with Crippen LogP contribution in [0.1, 0.15) is 5.76 Å². The number of thioether (sulfide) groups is 1. The highest BCUT2D eigenvalue weighted by Gasteiger charge is 2.34. The number of hydrogen-bond acceptors (Lipinski definition) is 6. The largest absolute Gasteiger partial charge is 0.495 e. The molecule has 3 aromatic rings. The normalized spacial score (nSPS) is 15.3. The molecule has 0 saturated carbocycles. The minimum Gasteiger partial charge on any atom is -0.495 e. The maximum Gasteiger partial charge on any atom is 0.270 e. The van der Waals surface area contributed by atoms with Gasteiger partial charge in [0.1, 0.15) is 11.5 Å². The summed E-state index contributed by atoms with van der Waals surface area (Å²) < 4.78 is 11.4. The summed E-state index contributed by atoms with van der Waals surface area (Å²) in [5.41, 5.74) is 0.588. The number of ether oxygens (including phenoxy) is 1. The number of furan rings is 1. The maximum absolute atomic E-state index is 12.9. The second-order valence-electron chi connectivity index (χ2n) is 6.05. The standard InChI is InChI=1S/C21H13Cl2NO3S3/c1-26-17-8-4-13(10-16(17)23)24-20(25)18(30-21(24)28)11-14-5-9-19(27-14)29-15-6-2-12(22)3-7-15/h2-11H,1H3/b18-11+. The van der Waals surface area contributed by atoms with Gasteiger partial charge in [0, 0.05) is 16.0 Å². The molecule has 0 radical (unpaired) electrons. The second kappa shape index (κ2) is 9.08. The smallest absolute Gasteiger partial charge is 0.270 e. The van der Waals surface area contributed by atoms with E-state index < -0.39 is 0 Å². The lowest BCUT2D eigenvalue weighted by molar-refractivity contribution is -0.113. The van der Waals surface area contributed by atoms with Crippen LogP contribution in [0, 0.1) is 0 Å². The molecule has 0 unspecified atom stereocenters. The molecule has 0 aliphatic carbocycles. The maximum atomic E-state index is 12.9. The van der Waals surface area contributed by atoms with Gasteiger partial charge in [0.05, 0.1) is 22.7 Å². The first-order chi connectivity index (χ1) is 14.4. The van der Waals surface area contributed by atoms with Crippen molar-refractivity contribution >= 4 is 80.9 Å². The van der Waals surface area contributed by atoms with E-state index in [4.69, 9.17) is 44.6 Å². The Morgan fingerprint density at radius 2 is 1.90 bits per heavy atom. The average molecular weight is 494 g/mol. The predicted molar refractivity (Wildman–Crippen MR) is 128 cm³/mol. The number of carbonyl (C=O) groups excluding carboxylic acids is 1. The first-order valence-corrected chi connectivity index (χ1v) is 11.4. The molecule has 1 aromatic heterocycles. The Morgan fingerprint density at radius 3 is 2.60 bits per heavy atom. The van der Waals surface area contributed by atoms with Crippen LogP contribution < -0.4 is 9.64 Å². The van der Waals surface area contributed by atoms with E-state index in [1.54, 1.807) is 24.3 Å². The summed E-state index contributed by atoms with van der Waals surface area (Å²) in [6, 6.07) is 16.3. The molecule has 0 bridgehead atoms. The predicted octanol–water partition coefficient (Wildman–Crippen LogP) is 7.15. The van der Waals surface area contributed by atoms with E-state index in [9.17, 15) is 4.79 Å². The molecule has 0 atom stereocenters. The Labute approximate surface area is 197 Å². The Balaban J connectivity index is 1.53. The first kappa shape index (κ1) is 21.3. The topological polar surface area (TPSA) is 42.7 Å². The lowest BCUT2D eigenvalue weighted by Crippen LogP contribution is -2.27. The van der Waals surface area contributed by atoms with Crippen molar-refractivity contribution in [1.82, 2.24) is 0 Å². The van der Waals surface area contributed by atoms with Crippen LogP contribution in [0.25, 0.3) is 6.08 Å². The van der Waals surface area contributed by atoms with Crippen LogP contribution in [0.5, 0.6) is 5.75 Å². The minimum atomic E-state index is -0.227. The molecule has 1 aliphatic heterocycles. The fraction of sp³-hybridized carbons (Fsp3) is 0.0476. The molecule has 4 rings (SSSR count). The van der Waals surface area contributed by atoms with E-state index in [0.29, 0.717) is 41.6 Å². The van der Waals surface area contributed by atoms with Crippen molar-refractivity contribution in [1.29, 1.82) is 0 Å². The van der Waals surface area contributed by atoms with E-state index in [-0.39, 0.29) is 5.91 Å². The molecular weight excluding hydrogens is 481 g/mol. The van der Waals surface area contributed by atoms with Gasteiger partial charge in [-0.05, 0) is 54.6 Å². The number of amides is 1. The fourth-order valence-corrected chi connectivity index (χ4v) is 5.13. The van der Waals surface area contributed by atoms with E-state index >= 15 is 0 Å². The third-order valence-electron chi connectivity index (χ3n) is 4.09. The Morgan fingerprint density at radius 1 is 1.13 bits per heavy atom. The first-order valence-electron chi connectivity index (χ1n) is 8.59. The molecule has 30 heavy (non-hydrogen) atoms. The van der Waals surface area contributed by atoms with Gasteiger partial charge < -0.3 is 9.15 Å². The fourth-order valence-electron chi connectivity index (χ4n) is 2.70.